The SMILES string of the molecule is CC(=O)CCn1cc(CCC(=O)CCCCCNC(=O)OC(CCN(C)C(C)=O)c2ccc3ccc(O)c(Br)c3n2)nn1. The summed E-state index contributed by atoms with van der Waals surface area (Å²) >= 11 is 3.37. The number of rotatable bonds is 17. The van der Waals surface area contributed by atoms with E-state index in [2.05, 4.69) is 36.5 Å². The molecule has 2 N–H and O–H groups in total. The van der Waals surface area contributed by atoms with Gasteiger partial charge in [-0.25, -0.2) is 9.78 Å². The lowest BCUT2D eigenvalue weighted by Crippen LogP contribution is -2.30. The number of nitrogens with zero attached hydrogens (tertiary/aromatic N) is 5. The van der Waals surface area contributed by atoms with Gasteiger partial charge in [0.15, 0.2) is 0 Å². The van der Waals surface area contributed by atoms with Crippen molar-refractivity contribution in [3.8, 4) is 5.75 Å². The zero-order valence-electron chi connectivity index (χ0n) is 24.8. The van der Waals surface area contributed by atoms with E-state index < -0.39 is 12.2 Å². The number of ether oxygens (including phenoxy) is 1. The molecule has 2 heterocycles. The van der Waals surface area contributed by atoms with Crippen LogP contribution in [0.1, 0.15) is 76.3 Å². The van der Waals surface area contributed by atoms with Gasteiger partial charge in [0.25, 0.3) is 0 Å². The van der Waals surface area contributed by atoms with E-state index >= 15 is 0 Å². The summed E-state index contributed by atoms with van der Waals surface area (Å²) in [6.45, 7) is 4.24. The second kappa shape index (κ2) is 16.7. The number of hydrogen-bond donors (Lipinski definition) is 2. The van der Waals surface area contributed by atoms with Crippen LogP contribution in [0.5, 0.6) is 5.75 Å². The number of halogens is 1. The lowest BCUT2D eigenvalue weighted by molar-refractivity contribution is -0.127. The fraction of sp³-hybridized carbons (Fsp3) is 0.500. The fourth-order valence-electron chi connectivity index (χ4n) is 4.29. The zero-order valence-corrected chi connectivity index (χ0v) is 26.4. The second-order valence-corrected chi connectivity index (χ2v) is 11.3. The van der Waals surface area contributed by atoms with Crippen molar-refractivity contribution in [3.63, 3.8) is 0 Å². The minimum Gasteiger partial charge on any atom is -0.507 e. The van der Waals surface area contributed by atoms with Crippen LogP contribution in [0.3, 0.4) is 0 Å². The molecule has 0 fully saturated rings. The molecule has 13 heteroatoms. The Morgan fingerprint density at radius 1 is 1.07 bits per heavy atom. The predicted molar refractivity (Wildman–Crippen MR) is 163 cm³/mol. The molecule has 232 valence electrons. The van der Waals surface area contributed by atoms with Crippen LogP contribution >= 0.6 is 15.9 Å². The Hall–Kier alpha value is -3.87. The number of unbranched alkanes of at least 4 members (excludes halogenated alkanes) is 2. The number of Topliss-reactive ketones (excluding diaryl/α,β-unsaturated/α-hetero) is 2. The third-order valence-corrected chi connectivity index (χ3v) is 7.77. The molecule has 3 rings (SSSR count). The number of phenols is 1. The van der Waals surface area contributed by atoms with Crippen LogP contribution < -0.4 is 5.32 Å². The Morgan fingerprint density at radius 3 is 2.58 bits per heavy atom. The molecule has 1 aromatic carbocycles. The van der Waals surface area contributed by atoms with Gasteiger partial charge in [-0.2, -0.15) is 0 Å². The number of ketones is 2. The second-order valence-electron chi connectivity index (χ2n) is 10.5. The number of amides is 2. The lowest BCUT2D eigenvalue weighted by atomic mass is 10.1. The number of carbonyl (C=O) groups is 4. The molecule has 0 spiro atoms. The van der Waals surface area contributed by atoms with Crippen molar-refractivity contribution in [2.75, 3.05) is 20.1 Å². The topological polar surface area (TPSA) is 157 Å². The summed E-state index contributed by atoms with van der Waals surface area (Å²) in [5, 5.41) is 21.7. The van der Waals surface area contributed by atoms with Crippen LogP contribution in [0.15, 0.2) is 34.9 Å². The van der Waals surface area contributed by atoms with Crippen molar-refractivity contribution in [1.29, 1.82) is 0 Å². The van der Waals surface area contributed by atoms with Gasteiger partial charge in [0, 0.05) is 70.9 Å². The Kier molecular flexibility index (Phi) is 13.0. The first-order valence-corrected chi connectivity index (χ1v) is 15.2. The van der Waals surface area contributed by atoms with Gasteiger partial charge in [-0.05, 0) is 60.3 Å². The minimum atomic E-state index is -0.714. The third kappa shape index (κ3) is 11.0. The normalized spacial score (nSPS) is 11.7. The molecule has 0 aliphatic rings. The summed E-state index contributed by atoms with van der Waals surface area (Å²) in [5.74, 6) is 0.186. The summed E-state index contributed by atoms with van der Waals surface area (Å²) in [6.07, 6.45) is 4.72. The highest BCUT2D eigenvalue weighted by atomic mass is 79.9. The number of aryl methyl sites for hydroxylation is 2. The quantitative estimate of drug-likeness (QED) is 0.197. The summed E-state index contributed by atoms with van der Waals surface area (Å²) in [7, 11) is 1.68. The average molecular weight is 660 g/mol. The molecule has 1 unspecified atom stereocenters. The Morgan fingerprint density at radius 2 is 1.84 bits per heavy atom. The molecule has 12 nitrogen and oxygen atoms in total. The van der Waals surface area contributed by atoms with Crippen molar-refractivity contribution in [2.45, 2.75) is 77.9 Å². The van der Waals surface area contributed by atoms with E-state index in [1.165, 1.54) is 13.8 Å². The minimum absolute atomic E-state index is 0.0526. The number of fused-ring (bicyclic) bond motifs is 1. The van der Waals surface area contributed by atoms with Gasteiger partial charge >= 0.3 is 6.09 Å². The molecule has 0 saturated carbocycles. The number of benzene rings is 1. The lowest BCUT2D eigenvalue weighted by Gasteiger charge is -2.22. The van der Waals surface area contributed by atoms with E-state index in [-0.39, 0.29) is 23.2 Å². The highest BCUT2D eigenvalue weighted by Gasteiger charge is 2.21. The molecule has 2 aromatic heterocycles. The van der Waals surface area contributed by atoms with Crippen molar-refractivity contribution in [2.24, 2.45) is 0 Å². The van der Waals surface area contributed by atoms with Gasteiger partial charge in [-0.15, -0.1) is 5.10 Å². The van der Waals surface area contributed by atoms with E-state index in [4.69, 9.17) is 4.74 Å². The maximum atomic E-state index is 12.7. The number of phenolic OH excluding ortho intramolecular Hbond substituents is 1. The van der Waals surface area contributed by atoms with E-state index in [9.17, 15) is 24.3 Å². The molecule has 0 aliphatic heterocycles. The predicted octanol–water partition coefficient (Wildman–Crippen LogP) is 4.67. The third-order valence-electron chi connectivity index (χ3n) is 6.99. The molecule has 1 atom stereocenters. The van der Waals surface area contributed by atoms with Crippen LogP contribution in [0.4, 0.5) is 4.79 Å². The van der Waals surface area contributed by atoms with Gasteiger partial charge in [0.1, 0.15) is 23.4 Å². The number of pyridine rings is 1. The highest BCUT2D eigenvalue weighted by molar-refractivity contribution is 9.10. The number of aromatic hydroxyl groups is 1. The number of nitrogens with one attached hydrogen (secondary N) is 1. The number of hydrogen-bond acceptors (Lipinski definition) is 9. The van der Waals surface area contributed by atoms with Gasteiger partial charge in [0.05, 0.1) is 21.4 Å². The van der Waals surface area contributed by atoms with Gasteiger partial charge in [0.2, 0.25) is 5.91 Å². The summed E-state index contributed by atoms with van der Waals surface area (Å²) in [4.78, 5) is 53.9. The monoisotopic (exact) mass is 658 g/mol. The van der Waals surface area contributed by atoms with Crippen LogP contribution in [0.25, 0.3) is 10.9 Å². The maximum absolute atomic E-state index is 12.7. The smallest absolute Gasteiger partial charge is 0.407 e. The van der Waals surface area contributed by atoms with Crippen LogP contribution in [-0.2, 0) is 32.1 Å². The van der Waals surface area contributed by atoms with Crippen molar-refractivity contribution in [3.05, 3.63) is 46.3 Å². The molecule has 43 heavy (non-hydrogen) atoms. The molecule has 0 aliphatic carbocycles. The Labute approximate surface area is 259 Å². The molecule has 0 radical (unpaired) electrons. The van der Waals surface area contributed by atoms with Crippen molar-refractivity contribution in [1.82, 2.24) is 30.2 Å². The summed E-state index contributed by atoms with van der Waals surface area (Å²) in [6, 6.07) is 6.93. The Bertz CT molecular complexity index is 1430. The van der Waals surface area contributed by atoms with Gasteiger partial charge in [-0.3, -0.25) is 19.1 Å². The van der Waals surface area contributed by atoms with E-state index in [0.29, 0.717) is 80.3 Å². The van der Waals surface area contributed by atoms with Crippen LogP contribution in [0, 0.1) is 0 Å². The molecule has 3 aromatic rings. The fourth-order valence-corrected chi connectivity index (χ4v) is 4.74. The number of alkyl carbamates (subject to hydrolysis) is 1. The van der Waals surface area contributed by atoms with E-state index in [0.717, 1.165) is 17.5 Å². The van der Waals surface area contributed by atoms with Crippen molar-refractivity contribution < 1.29 is 29.0 Å². The number of aromatic nitrogens is 4. The summed E-state index contributed by atoms with van der Waals surface area (Å²) < 4.78 is 7.79. The van der Waals surface area contributed by atoms with Crippen LogP contribution in [0.2, 0.25) is 0 Å². The number of carbonyl (C=O) groups excluding carboxylic acids is 4. The molecular formula is C30H39BrN6O6. The first-order valence-electron chi connectivity index (χ1n) is 14.4. The highest BCUT2D eigenvalue weighted by Crippen LogP contribution is 2.32. The first kappa shape index (κ1) is 33.6. The average Bonchev–Trinajstić information content (AvgIpc) is 3.44. The van der Waals surface area contributed by atoms with Gasteiger partial charge < -0.3 is 20.1 Å². The van der Waals surface area contributed by atoms with E-state index in [1.807, 2.05) is 6.07 Å². The van der Waals surface area contributed by atoms with Crippen molar-refractivity contribution >= 4 is 50.4 Å². The summed E-state index contributed by atoms with van der Waals surface area (Å²) in [5.41, 5.74) is 1.77. The largest absolute Gasteiger partial charge is 0.507 e. The van der Waals surface area contributed by atoms with E-state index in [1.54, 1.807) is 41.0 Å². The Balaban J connectivity index is 1.42. The van der Waals surface area contributed by atoms with Gasteiger partial charge in [-0.1, -0.05) is 17.7 Å². The maximum Gasteiger partial charge on any atom is 0.407 e. The standard InChI is InChI=1S/C30H39BrN6O6/c1-20(38)14-18-37-19-23(34-35-37)10-11-24(40)7-5-4-6-16-32-30(42)43-27(15-17-36(3)21(2)39)25-12-8-22-9-13-26(41)28(31)29(22)33-25/h8-9,12-13,19,27,41H,4-7,10-11,14-18H2,1-3H3,(H,32,42). The molecular weight excluding hydrogens is 620 g/mol. The first-order chi connectivity index (χ1) is 20.5. The zero-order chi connectivity index (χ0) is 31.4. The van der Waals surface area contributed by atoms with Crippen LogP contribution in [-0.4, -0.2) is 73.7 Å². The molecule has 0 saturated heterocycles. The molecule has 2 amide bonds. The molecule has 0 bridgehead atoms.